The molecule has 0 atom stereocenters. The lowest BCUT2D eigenvalue weighted by atomic mass is 10.3. The first-order chi connectivity index (χ1) is 14.0. The van der Waals surface area contributed by atoms with Gasteiger partial charge in [-0.1, -0.05) is 35.0 Å². The van der Waals surface area contributed by atoms with E-state index in [1.807, 2.05) is 7.05 Å². The molecule has 3 rings (SSSR count). The van der Waals surface area contributed by atoms with Crippen molar-refractivity contribution in [3.8, 4) is 11.5 Å². The molecule has 1 N–H and O–H groups in total. The molecule has 0 unspecified atom stereocenters. The predicted molar refractivity (Wildman–Crippen MR) is 114 cm³/mol. The van der Waals surface area contributed by atoms with Gasteiger partial charge in [0.25, 0.3) is 0 Å². The van der Waals surface area contributed by atoms with Crippen molar-refractivity contribution >= 4 is 46.6 Å². The number of hydrogen-bond acceptors (Lipinski definition) is 6. The molecule has 1 heterocycles. The number of amides is 1. The first-order valence-corrected chi connectivity index (χ1v) is 10.2. The summed E-state index contributed by atoms with van der Waals surface area (Å²) in [5.41, 5.74) is 0.594. The maximum atomic E-state index is 12.2. The second-order valence-electron chi connectivity index (χ2n) is 5.89. The van der Waals surface area contributed by atoms with Crippen LogP contribution in [-0.4, -0.2) is 33.5 Å². The molecule has 0 saturated heterocycles. The minimum absolute atomic E-state index is 0.174. The van der Waals surface area contributed by atoms with E-state index in [0.717, 1.165) is 0 Å². The van der Waals surface area contributed by atoms with Crippen molar-refractivity contribution in [3.63, 3.8) is 0 Å². The molecule has 0 aliphatic carbocycles. The van der Waals surface area contributed by atoms with E-state index in [0.29, 0.717) is 38.2 Å². The maximum Gasteiger partial charge on any atom is 0.234 e. The van der Waals surface area contributed by atoms with Gasteiger partial charge >= 0.3 is 0 Å². The van der Waals surface area contributed by atoms with Crippen LogP contribution in [0.2, 0.25) is 10.0 Å². The standard InChI is InChI=1S/C19H18Cl2N4O3S/c1-25-17(10-28-14-6-3-12(20)4-7-14)23-24-19(25)29-11-18(26)22-13-5-8-16(27-2)15(21)9-13/h3-9H,10-11H2,1-2H3,(H,22,26). The molecule has 0 spiro atoms. The number of benzene rings is 2. The van der Waals surface area contributed by atoms with E-state index in [9.17, 15) is 4.79 Å². The number of thioether (sulfide) groups is 1. The number of methoxy groups -OCH3 is 1. The molecule has 0 radical (unpaired) electrons. The molecule has 29 heavy (non-hydrogen) atoms. The first-order valence-electron chi connectivity index (χ1n) is 8.49. The Hall–Kier alpha value is -2.42. The summed E-state index contributed by atoms with van der Waals surface area (Å²) in [5, 5.41) is 12.7. The van der Waals surface area contributed by atoms with Crippen molar-refractivity contribution in [2.45, 2.75) is 11.8 Å². The van der Waals surface area contributed by atoms with Gasteiger partial charge in [0.1, 0.15) is 18.1 Å². The van der Waals surface area contributed by atoms with Crippen molar-refractivity contribution in [3.05, 3.63) is 58.3 Å². The molecular formula is C19H18Cl2N4O3S. The number of aromatic nitrogens is 3. The van der Waals surface area contributed by atoms with E-state index in [1.54, 1.807) is 47.0 Å². The Morgan fingerprint density at radius 3 is 2.62 bits per heavy atom. The summed E-state index contributed by atoms with van der Waals surface area (Å²) in [7, 11) is 3.36. The van der Waals surface area contributed by atoms with Gasteiger partial charge in [-0.15, -0.1) is 10.2 Å². The third-order valence-corrected chi connectivity index (χ3v) is 5.44. The average molecular weight is 453 g/mol. The van der Waals surface area contributed by atoms with Gasteiger partial charge in [0.2, 0.25) is 5.91 Å². The topological polar surface area (TPSA) is 78.3 Å². The van der Waals surface area contributed by atoms with E-state index in [4.69, 9.17) is 32.7 Å². The molecule has 1 amide bonds. The molecule has 0 saturated carbocycles. The third kappa shape index (κ3) is 5.79. The highest BCUT2D eigenvalue weighted by Gasteiger charge is 2.13. The number of carbonyl (C=O) groups excluding carboxylic acids is 1. The molecule has 10 heteroatoms. The quantitative estimate of drug-likeness (QED) is 0.508. The van der Waals surface area contributed by atoms with Crippen LogP contribution in [0.1, 0.15) is 5.82 Å². The Bertz CT molecular complexity index is 996. The molecule has 0 fully saturated rings. The molecule has 0 aliphatic heterocycles. The number of hydrogen-bond donors (Lipinski definition) is 1. The predicted octanol–water partition coefficient (Wildman–Crippen LogP) is 4.44. The molecule has 7 nitrogen and oxygen atoms in total. The first kappa shape index (κ1) is 21.3. The van der Waals surface area contributed by atoms with Gasteiger partial charge in [-0.25, -0.2) is 0 Å². The zero-order valence-electron chi connectivity index (χ0n) is 15.7. The van der Waals surface area contributed by atoms with Gasteiger partial charge in [0.05, 0.1) is 17.9 Å². The highest BCUT2D eigenvalue weighted by molar-refractivity contribution is 7.99. The highest BCUT2D eigenvalue weighted by Crippen LogP contribution is 2.27. The van der Waals surface area contributed by atoms with E-state index >= 15 is 0 Å². The number of nitrogens with zero attached hydrogens (tertiary/aromatic N) is 3. The van der Waals surface area contributed by atoms with Crippen molar-refractivity contribution in [1.82, 2.24) is 14.8 Å². The summed E-state index contributed by atoms with van der Waals surface area (Å²) in [5.74, 6) is 1.87. The Balaban J connectivity index is 1.52. The van der Waals surface area contributed by atoms with Crippen LogP contribution in [0.4, 0.5) is 5.69 Å². The van der Waals surface area contributed by atoms with E-state index < -0.39 is 0 Å². The second kappa shape index (κ2) is 9.87. The van der Waals surface area contributed by atoms with Crippen molar-refractivity contribution in [2.24, 2.45) is 7.05 Å². The monoisotopic (exact) mass is 452 g/mol. The lowest BCUT2D eigenvalue weighted by Gasteiger charge is -2.08. The van der Waals surface area contributed by atoms with Crippen LogP contribution in [0.25, 0.3) is 0 Å². The number of halogens is 2. The van der Waals surface area contributed by atoms with Crippen molar-refractivity contribution in [2.75, 3.05) is 18.2 Å². The molecule has 0 aliphatic rings. The van der Waals surface area contributed by atoms with Crippen LogP contribution in [0, 0.1) is 0 Å². The summed E-state index contributed by atoms with van der Waals surface area (Å²) in [6, 6.07) is 12.1. The third-order valence-electron chi connectivity index (χ3n) is 3.87. The molecule has 1 aromatic heterocycles. The number of rotatable bonds is 8. The smallest absolute Gasteiger partial charge is 0.234 e. The van der Waals surface area contributed by atoms with Gasteiger partial charge in [-0.2, -0.15) is 0 Å². The van der Waals surface area contributed by atoms with Gasteiger partial charge in [-0.3, -0.25) is 4.79 Å². The van der Waals surface area contributed by atoms with Gasteiger partial charge in [-0.05, 0) is 42.5 Å². The Morgan fingerprint density at radius 1 is 1.17 bits per heavy atom. The summed E-state index contributed by atoms with van der Waals surface area (Å²) in [4.78, 5) is 12.2. The fourth-order valence-corrected chi connectivity index (χ4v) is 3.46. The zero-order chi connectivity index (χ0) is 20.8. The SMILES string of the molecule is COc1ccc(NC(=O)CSc2nnc(COc3ccc(Cl)cc3)n2C)cc1Cl. The van der Waals surface area contributed by atoms with Gasteiger partial charge in [0, 0.05) is 17.8 Å². The molecule has 0 bridgehead atoms. The van der Waals surface area contributed by atoms with Crippen LogP contribution in [0.3, 0.4) is 0 Å². The second-order valence-corrected chi connectivity index (χ2v) is 7.67. The summed E-state index contributed by atoms with van der Waals surface area (Å²) in [6.07, 6.45) is 0. The van der Waals surface area contributed by atoms with E-state index in [-0.39, 0.29) is 18.3 Å². The van der Waals surface area contributed by atoms with Gasteiger partial charge < -0.3 is 19.4 Å². The molecule has 152 valence electrons. The Kier molecular flexibility index (Phi) is 7.24. The lowest BCUT2D eigenvalue weighted by Crippen LogP contribution is -2.14. The zero-order valence-corrected chi connectivity index (χ0v) is 18.0. The lowest BCUT2D eigenvalue weighted by molar-refractivity contribution is -0.113. The summed E-state index contributed by atoms with van der Waals surface area (Å²) >= 11 is 13.2. The molecular weight excluding hydrogens is 435 g/mol. The van der Waals surface area contributed by atoms with Crippen molar-refractivity contribution < 1.29 is 14.3 Å². The largest absolute Gasteiger partial charge is 0.495 e. The average Bonchev–Trinajstić information content (AvgIpc) is 3.06. The van der Waals surface area contributed by atoms with Crippen LogP contribution >= 0.6 is 35.0 Å². The summed E-state index contributed by atoms with van der Waals surface area (Å²) < 4.78 is 12.6. The van der Waals surface area contributed by atoms with Crippen molar-refractivity contribution in [1.29, 1.82) is 0 Å². The Labute approximate surface area is 182 Å². The highest BCUT2D eigenvalue weighted by atomic mass is 35.5. The number of nitrogens with one attached hydrogen (secondary N) is 1. The van der Waals surface area contributed by atoms with Crippen LogP contribution in [0.15, 0.2) is 47.6 Å². The van der Waals surface area contributed by atoms with Crippen LogP contribution < -0.4 is 14.8 Å². The number of anilines is 1. The molecule has 2 aromatic carbocycles. The van der Waals surface area contributed by atoms with E-state index in [2.05, 4.69) is 15.5 Å². The fraction of sp³-hybridized carbons (Fsp3) is 0.211. The number of carbonyl (C=O) groups is 1. The normalized spacial score (nSPS) is 10.6. The number of ether oxygens (including phenoxy) is 2. The maximum absolute atomic E-state index is 12.2. The minimum atomic E-state index is -0.182. The Morgan fingerprint density at radius 2 is 1.93 bits per heavy atom. The summed E-state index contributed by atoms with van der Waals surface area (Å²) in [6.45, 7) is 0.252. The van der Waals surface area contributed by atoms with E-state index in [1.165, 1.54) is 18.9 Å². The fourth-order valence-electron chi connectivity index (χ4n) is 2.35. The van der Waals surface area contributed by atoms with Crippen LogP contribution in [0.5, 0.6) is 11.5 Å². The van der Waals surface area contributed by atoms with Gasteiger partial charge in [0.15, 0.2) is 11.0 Å². The molecule has 3 aromatic rings. The minimum Gasteiger partial charge on any atom is -0.495 e. The van der Waals surface area contributed by atoms with Crippen LogP contribution in [-0.2, 0) is 18.4 Å².